The van der Waals surface area contributed by atoms with Gasteiger partial charge >= 0.3 is 0 Å². The summed E-state index contributed by atoms with van der Waals surface area (Å²) >= 11 is 2.35. The zero-order chi connectivity index (χ0) is 21.9. The average molecular weight is 542 g/mol. The molecule has 0 atom stereocenters. The van der Waals surface area contributed by atoms with E-state index in [1.807, 2.05) is 19.3 Å². The van der Waals surface area contributed by atoms with Gasteiger partial charge in [-0.3, -0.25) is 9.78 Å². The van der Waals surface area contributed by atoms with Gasteiger partial charge in [0, 0.05) is 61.2 Å². The fraction of sp³-hybridized carbons (Fsp3) is 0.476. The van der Waals surface area contributed by atoms with Gasteiger partial charge in [-0.15, -0.1) is 0 Å². The number of hydrogen-bond donors (Lipinski definition) is 0. The van der Waals surface area contributed by atoms with Crippen molar-refractivity contribution in [2.24, 2.45) is 0 Å². The first-order valence-corrected chi connectivity index (χ1v) is 13.5. The van der Waals surface area contributed by atoms with Crippen LogP contribution in [0.1, 0.15) is 23.1 Å². The molecule has 7 nitrogen and oxygen atoms in total. The van der Waals surface area contributed by atoms with Crippen LogP contribution in [-0.2, 0) is 19.1 Å². The van der Waals surface area contributed by atoms with Crippen molar-refractivity contribution in [3.8, 4) is 11.3 Å². The van der Waals surface area contributed by atoms with Crippen LogP contribution in [-0.4, -0.2) is 67.4 Å². The summed E-state index contributed by atoms with van der Waals surface area (Å²) in [5.74, 6) is 0.675. The third-order valence-corrected chi connectivity index (χ3v) is 7.00. The smallest absolute Gasteiger partial charge is 0.223 e. The summed E-state index contributed by atoms with van der Waals surface area (Å²) in [5.41, 5.74) is 5.50. The summed E-state index contributed by atoms with van der Waals surface area (Å²) in [6.07, 6.45) is 5.01. The van der Waals surface area contributed by atoms with E-state index in [4.69, 9.17) is 0 Å². The highest BCUT2D eigenvalue weighted by atomic mass is 127. The quantitative estimate of drug-likeness (QED) is 0.413. The van der Waals surface area contributed by atoms with Crippen molar-refractivity contribution in [3.63, 3.8) is 0 Å². The Balaban J connectivity index is 1.74. The molecule has 1 aliphatic rings. The summed E-state index contributed by atoms with van der Waals surface area (Å²) in [5, 5.41) is 0. The van der Waals surface area contributed by atoms with E-state index in [1.54, 1.807) is 4.90 Å². The van der Waals surface area contributed by atoms with E-state index in [2.05, 4.69) is 56.5 Å². The van der Waals surface area contributed by atoms with Gasteiger partial charge in [0.1, 0.15) is 15.7 Å². The van der Waals surface area contributed by atoms with Gasteiger partial charge in [0.05, 0.1) is 11.4 Å². The molecule has 0 unspecified atom stereocenters. The van der Waals surface area contributed by atoms with E-state index in [0.717, 1.165) is 44.4 Å². The van der Waals surface area contributed by atoms with E-state index < -0.39 is 9.84 Å². The predicted octanol–water partition coefficient (Wildman–Crippen LogP) is 2.78. The zero-order valence-electron chi connectivity index (χ0n) is 17.6. The second kappa shape index (κ2) is 9.59. The minimum Gasteiger partial charge on any atom is -0.353 e. The SMILES string of the molecule is Cc1cnc(-c2cc(N3CCN(C(=O)CCS(C)(=O)=O)CC3)ncc2CI)c(C)c1. The van der Waals surface area contributed by atoms with Crippen molar-refractivity contribution in [2.75, 3.05) is 43.1 Å². The monoisotopic (exact) mass is 542 g/mol. The third-order valence-electron chi connectivity index (χ3n) is 5.23. The number of sulfone groups is 1. The number of halogens is 1. The molecule has 2 aromatic rings. The Kier molecular flexibility index (Phi) is 7.33. The van der Waals surface area contributed by atoms with Crippen LogP contribution in [0.5, 0.6) is 0 Å². The number of hydrogen-bond acceptors (Lipinski definition) is 6. The molecule has 0 bridgehead atoms. The van der Waals surface area contributed by atoms with E-state index >= 15 is 0 Å². The number of carbonyl (C=O) groups is 1. The van der Waals surface area contributed by atoms with Gasteiger partial charge in [-0.1, -0.05) is 28.7 Å². The summed E-state index contributed by atoms with van der Waals surface area (Å²) in [6.45, 7) is 6.58. The van der Waals surface area contributed by atoms with Crippen molar-refractivity contribution in [1.29, 1.82) is 0 Å². The van der Waals surface area contributed by atoms with Crippen molar-refractivity contribution >= 4 is 44.2 Å². The predicted molar refractivity (Wildman–Crippen MR) is 128 cm³/mol. The zero-order valence-corrected chi connectivity index (χ0v) is 20.5. The van der Waals surface area contributed by atoms with Crippen LogP contribution in [0.25, 0.3) is 11.3 Å². The molecule has 1 saturated heterocycles. The molecule has 162 valence electrons. The first kappa shape index (κ1) is 22.9. The Morgan fingerprint density at radius 3 is 2.40 bits per heavy atom. The third kappa shape index (κ3) is 5.69. The van der Waals surface area contributed by atoms with Crippen LogP contribution in [0.2, 0.25) is 0 Å². The maximum absolute atomic E-state index is 12.3. The molecule has 3 rings (SSSR count). The highest BCUT2D eigenvalue weighted by Gasteiger charge is 2.23. The van der Waals surface area contributed by atoms with Gasteiger partial charge in [-0.25, -0.2) is 13.4 Å². The van der Waals surface area contributed by atoms with Crippen LogP contribution in [0.3, 0.4) is 0 Å². The van der Waals surface area contributed by atoms with Crippen LogP contribution >= 0.6 is 22.6 Å². The topological polar surface area (TPSA) is 83.5 Å². The van der Waals surface area contributed by atoms with E-state index in [-0.39, 0.29) is 18.1 Å². The van der Waals surface area contributed by atoms with E-state index in [0.29, 0.717) is 26.2 Å². The van der Waals surface area contributed by atoms with Crippen LogP contribution < -0.4 is 4.90 Å². The lowest BCUT2D eigenvalue weighted by Gasteiger charge is -2.35. The van der Waals surface area contributed by atoms with Gasteiger partial charge in [-0.2, -0.15) is 0 Å². The van der Waals surface area contributed by atoms with Gasteiger partial charge in [0.15, 0.2) is 0 Å². The molecule has 0 aromatic carbocycles. The van der Waals surface area contributed by atoms with Crippen LogP contribution in [0, 0.1) is 13.8 Å². The number of carbonyl (C=O) groups excluding carboxylic acids is 1. The number of anilines is 1. The Morgan fingerprint density at radius 2 is 1.80 bits per heavy atom. The molecule has 30 heavy (non-hydrogen) atoms. The van der Waals surface area contributed by atoms with Gasteiger partial charge in [-0.05, 0) is 36.6 Å². The number of aryl methyl sites for hydroxylation is 2. The standard InChI is InChI=1S/C21H27IN4O3S/c1-15-10-16(2)21(24-13-15)18-11-19(23-14-17(18)12-22)25-5-7-26(8-6-25)20(27)4-9-30(3,28)29/h10-11,13-14H,4-9,12H2,1-3H3. The van der Waals surface area contributed by atoms with E-state index in [1.165, 1.54) is 0 Å². The molecule has 1 amide bonds. The number of pyridine rings is 2. The van der Waals surface area contributed by atoms with Gasteiger partial charge < -0.3 is 9.80 Å². The normalized spacial score (nSPS) is 14.8. The van der Waals surface area contributed by atoms with Crippen molar-refractivity contribution in [1.82, 2.24) is 14.9 Å². The largest absolute Gasteiger partial charge is 0.353 e. The molecule has 0 N–H and O–H groups in total. The van der Waals surface area contributed by atoms with Crippen LogP contribution in [0.4, 0.5) is 5.82 Å². The van der Waals surface area contributed by atoms with Crippen molar-refractivity contribution in [2.45, 2.75) is 24.7 Å². The summed E-state index contributed by atoms with van der Waals surface area (Å²) in [7, 11) is -3.13. The Morgan fingerprint density at radius 1 is 1.10 bits per heavy atom. The molecule has 0 spiro atoms. The van der Waals surface area contributed by atoms with E-state index in [9.17, 15) is 13.2 Å². The summed E-state index contributed by atoms with van der Waals surface area (Å²) in [4.78, 5) is 25.5. The summed E-state index contributed by atoms with van der Waals surface area (Å²) < 4.78 is 23.5. The lowest BCUT2D eigenvalue weighted by Crippen LogP contribution is -2.49. The second-order valence-electron chi connectivity index (χ2n) is 7.76. The second-order valence-corrected chi connectivity index (χ2v) is 10.8. The van der Waals surface area contributed by atoms with Crippen molar-refractivity contribution < 1.29 is 13.2 Å². The molecule has 3 heterocycles. The van der Waals surface area contributed by atoms with Gasteiger partial charge in [0.25, 0.3) is 0 Å². The highest BCUT2D eigenvalue weighted by molar-refractivity contribution is 14.1. The molecule has 1 fully saturated rings. The number of rotatable bonds is 6. The average Bonchev–Trinajstić information content (AvgIpc) is 2.71. The van der Waals surface area contributed by atoms with Gasteiger partial charge in [0.2, 0.25) is 5.91 Å². The number of aromatic nitrogens is 2. The maximum atomic E-state index is 12.3. The lowest BCUT2D eigenvalue weighted by atomic mass is 10.0. The fourth-order valence-corrected chi connectivity index (χ4v) is 4.74. The van der Waals surface area contributed by atoms with Crippen molar-refractivity contribution in [3.05, 3.63) is 41.2 Å². The molecular weight excluding hydrogens is 515 g/mol. The number of nitrogens with zero attached hydrogens (tertiary/aromatic N) is 4. The minimum atomic E-state index is -3.13. The molecule has 9 heteroatoms. The lowest BCUT2D eigenvalue weighted by molar-refractivity contribution is -0.131. The Hall–Kier alpha value is -1.75. The summed E-state index contributed by atoms with van der Waals surface area (Å²) in [6, 6.07) is 4.24. The number of piperazine rings is 1. The highest BCUT2D eigenvalue weighted by Crippen LogP contribution is 2.30. The molecule has 2 aromatic heterocycles. The maximum Gasteiger partial charge on any atom is 0.223 e. The first-order valence-electron chi connectivity index (χ1n) is 9.87. The molecule has 0 radical (unpaired) electrons. The van der Waals surface area contributed by atoms with Crippen LogP contribution in [0.15, 0.2) is 24.5 Å². The Bertz CT molecular complexity index is 1030. The molecule has 0 aliphatic carbocycles. The molecule has 0 saturated carbocycles. The first-order chi connectivity index (χ1) is 14.2. The minimum absolute atomic E-state index is 0.0456. The molecular formula is C21H27IN4O3S. The fourth-order valence-electron chi connectivity index (χ4n) is 3.59. The number of amides is 1. The number of alkyl halides is 1. The Labute approximate surface area is 192 Å². The molecule has 1 aliphatic heterocycles.